The molecular formula is C26H23ClN2O3S. The van der Waals surface area contributed by atoms with Crippen molar-refractivity contribution in [1.82, 2.24) is 4.57 Å². The number of aromatic nitrogens is 1. The van der Waals surface area contributed by atoms with E-state index in [0.29, 0.717) is 32.8 Å². The van der Waals surface area contributed by atoms with Crippen molar-refractivity contribution in [2.24, 2.45) is 10.4 Å². The van der Waals surface area contributed by atoms with E-state index in [-0.39, 0.29) is 16.8 Å². The topological polar surface area (TPSA) is 60.7 Å². The maximum absolute atomic E-state index is 13.6. The molecular weight excluding hydrogens is 456 g/mol. The van der Waals surface area contributed by atoms with E-state index in [4.69, 9.17) is 21.3 Å². The number of halogens is 1. The van der Waals surface area contributed by atoms with Crippen molar-refractivity contribution in [2.75, 3.05) is 7.11 Å². The van der Waals surface area contributed by atoms with Crippen LogP contribution in [-0.2, 0) is 4.79 Å². The molecule has 1 atom stereocenters. The van der Waals surface area contributed by atoms with Crippen LogP contribution in [0.5, 0.6) is 5.75 Å². The van der Waals surface area contributed by atoms with Crippen LogP contribution in [0.3, 0.4) is 0 Å². The summed E-state index contributed by atoms with van der Waals surface area (Å²) < 4.78 is 7.53. The highest BCUT2D eigenvalue weighted by molar-refractivity contribution is 7.07. The maximum Gasteiger partial charge on any atom is 0.271 e. The molecule has 0 amide bonds. The summed E-state index contributed by atoms with van der Waals surface area (Å²) in [5.74, 6) is 0.771. The van der Waals surface area contributed by atoms with E-state index in [1.165, 1.54) is 11.3 Å². The summed E-state index contributed by atoms with van der Waals surface area (Å²) in [4.78, 5) is 32.4. The second-order valence-electron chi connectivity index (χ2n) is 9.21. The van der Waals surface area contributed by atoms with Crippen molar-refractivity contribution in [3.8, 4) is 5.75 Å². The standard InChI is InChI=1S/C26H23ClN2O3S/c1-26(2)13-19-22(20(30)14-26)23(16-7-9-18(32-3)10-8-16)29-24(31)21(33-25(29)28-19)12-15-5-4-6-17(27)11-15/h4-12,23H,13-14H2,1-3H3. The second-order valence-corrected chi connectivity index (χ2v) is 10.7. The summed E-state index contributed by atoms with van der Waals surface area (Å²) in [7, 11) is 1.61. The van der Waals surface area contributed by atoms with Crippen molar-refractivity contribution in [3.63, 3.8) is 0 Å². The predicted molar refractivity (Wildman–Crippen MR) is 131 cm³/mol. The van der Waals surface area contributed by atoms with Gasteiger partial charge in [-0.05, 0) is 53.3 Å². The van der Waals surface area contributed by atoms with Crippen LogP contribution < -0.4 is 19.6 Å². The average Bonchev–Trinajstić information content (AvgIpc) is 3.06. The van der Waals surface area contributed by atoms with E-state index in [0.717, 1.165) is 22.6 Å². The minimum Gasteiger partial charge on any atom is -0.497 e. The SMILES string of the molecule is COc1ccc(C2C3=C(CC(C)(C)CC3=O)N=c3sc(=Cc4cccc(Cl)c4)c(=O)n32)cc1. The third-order valence-electron chi connectivity index (χ3n) is 6.07. The number of ether oxygens (including phenoxy) is 1. The number of nitrogens with zero attached hydrogens (tertiary/aromatic N) is 2. The molecule has 1 aliphatic carbocycles. The Bertz CT molecular complexity index is 1480. The fraction of sp³-hybridized carbons (Fsp3) is 0.269. The third-order valence-corrected chi connectivity index (χ3v) is 7.29. The number of hydrogen-bond donors (Lipinski definition) is 0. The Kier molecular flexibility index (Phi) is 5.38. The lowest BCUT2D eigenvalue weighted by molar-refractivity contribution is -0.118. The molecule has 2 aromatic carbocycles. The number of allylic oxidation sites excluding steroid dienone is 2. The maximum atomic E-state index is 13.6. The molecule has 0 N–H and O–H groups in total. The smallest absolute Gasteiger partial charge is 0.271 e. The quantitative estimate of drug-likeness (QED) is 0.565. The zero-order valence-corrected chi connectivity index (χ0v) is 20.2. The number of thiazole rings is 1. The first-order chi connectivity index (χ1) is 15.8. The first-order valence-corrected chi connectivity index (χ1v) is 11.9. The fourth-order valence-corrected chi connectivity index (χ4v) is 5.82. The number of carbonyl (C=O) groups is 1. The van der Waals surface area contributed by atoms with Gasteiger partial charge < -0.3 is 4.74 Å². The molecule has 0 saturated carbocycles. The molecule has 7 heteroatoms. The van der Waals surface area contributed by atoms with Gasteiger partial charge in [0.2, 0.25) is 0 Å². The van der Waals surface area contributed by atoms with Crippen LogP contribution >= 0.6 is 22.9 Å². The number of hydrogen-bond acceptors (Lipinski definition) is 5. The van der Waals surface area contributed by atoms with E-state index in [9.17, 15) is 9.59 Å². The van der Waals surface area contributed by atoms with Crippen LogP contribution in [0.15, 0.2) is 69.6 Å². The molecule has 5 rings (SSSR count). The van der Waals surface area contributed by atoms with Gasteiger partial charge in [0, 0.05) is 17.0 Å². The van der Waals surface area contributed by atoms with Crippen LogP contribution in [0.4, 0.5) is 0 Å². The van der Waals surface area contributed by atoms with Crippen molar-refractivity contribution < 1.29 is 9.53 Å². The molecule has 0 spiro atoms. The molecule has 1 aromatic heterocycles. The molecule has 3 aromatic rings. The molecule has 0 fully saturated rings. The zero-order valence-electron chi connectivity index (χ0n) is 18.6. The largest absolute Gasteiger partial charge is 0.497 e. The molecule has 33 heavy (non-hydrogen) atoms. The van der Waals surface area contributed by atoms with E-state index in [1.54, 1.807) is 17.7 Å². The van der Waals surface area contributed by atoms with Crippen LogP contribution in [-0.4, -0.2) is 17.5 Å². The zero-order chi connectivity index (χ0) is 23.3. The molecule has 1 unspecified atom stereocenters. The fourth-order valence-electron chi connectivity index (χ4n) is 4.60. The Hall–Kier alpha value is -2.96. The molecule has 0 saturated heterocycles. The lowest BCUT2D eigenvalue weighted by Crippen LogP contribution is -2.42. The third kappa shape index (κ3) is 3.98. The number of fused-ring (bicyclic) bond motifs is 1. The van der Waals surface area contributed by atoms with Crippen LogP contribution in [0.2, 0.25) is 5.02 Å². The Morgan fingerprint density at radius 2 is 1.91 bits per heavy atom. The molecule has 2 heterocycles. The molecule has 5 nitrogen and oxygen atoms in total. The summed E-state index contributed by atoms with van der Waals surface area (Å²) in [6.45, 7) is 4.17. The Morgan fingerprint density at radius 1 is 1.15 bits per heavy atom. The van der Waals surface area contributed by atoms with Crippen LogP contribution in [0.1, 0.15) is 43.9 Å². The normalized spacial score (nSPS) is 19.7. The lowest BCUT2D eigenvalue weighted by Gasteiger charge is -2.35. The molecule has 0 bridgehead atoms. The first kappa shape index (κ1) is 21.9. The van der Waals surface area contributed by atoms with Crippen LogP contribution in [0.25, 0.3) is 6.08 Å². The highest BCUT2D eigenvalue weighted by atomic mass is 35.5. The van der Waals surface area contributed by atoms with Gasteiger partial charge in [0.1, 0.15) is 5.75 Å². The van der Waals surface area contributed by atoms with Gasteiger partial charge in [0.15, 0.2) is 10.6 Å². The number of carbonyl (C=O) groups excluding carboxylic acids is 1. The lowest BCUT2D eigenvalue weighted by atomic mass is 9.73. The van der Waals surface area contributed by atoms with Gasteiger partial charge in [-0.15, -0.1) is 0 Å². The van der Waals surface area contributed by atoms with Crippen molar-refractivity contribution >= 4 is 34.8 Å². The summed E-state index contributed by atoms with van der Waals surface area (Å²) in [6.07, 6.45) is 2.96. The highest BCUT2D eigenvalue weighted by Gasteiger charge is 2.40. The van der Waals surface area contributed by atoms with Crippen molar-refractivity contribution in [2.45, 2.75) is 32.7 Å². The van der Waals surface area contributed by atoms with Gasteiger partial charge >= 0.3 is 0 Å². The van der Waals surface area contributed by atoms with Gasteiger partial charge in [-0.2, -0.15) is 0 Å². The van der Waals surface area contributed by atoms with E-state index < -0.39 is 6.04 Å². The average molecular weight is 479 g/mol. The molecule has 2 aliphatic rings. The van der Waals surface area contributed by atoms with Gasteiger partial charge in [0.05, 0.1) is 23.4 Å². The highest BCUT2D eigenvalue weighted by Crippen LogP contribution is 2.43. The van der Waals surface area contributed by atoms with Gasteiger partial charge in [-0.25, -0.2) is 4.99 Å². The minimum absolute atomic E-state index is 0.0509. The van der Waals surface area contributed by atoms with E-state index >= 15 is 0 Å². The first-order valence-electron chi connectivity index (χ1n) is 10.7. The number of benzene rings is 2. The minimum atomic E-state index is -0.507. The van der Waals surface area contributed by atoms with Crippen molar-refractivity contribution in [1.29, 1.82) is 0 Å². The second kappa shape index (κ2) is 8.12. The van der Waals surface area contributed by atoms with Gasteiger partial charge in [0.25, 0.3) is 5.56 Å². The van der Waals surface area contributed by atoms with E-state index in [1.807, 2.05) is 48.5 Å². The van der Waals surface area contributed by atoms with E-state index in [2.05, 4.69) is 13.8 Å². The van der Waals surface area contributed by atoms with Gasteiger partial charge in [-0.1, -0.05) is 61.1 Å². The summed E-state index contributed by atoms with van der Waals surface area (Å²) in [5, 5.41) is 0.607. The molecule has 168 valence electrons. The summed E-state index contributed by atoms with van der Waals surface area (Å²) >= 11 is 7.47. The number of methoxy groups -OCH3 is 1. The summed E-state index contributed by atoms with van der Waals surface area (Å²) in [5.41, 5.74) is 2.79. The Labute approximate surface area is 200 Å². The Morgan fingerprint density at radius 3 is 2.61 bits per heavy atom. The molecule has 0 radical (unpaired) electrons. The summed E-state index contributed by atoms with van der Waals surface area (Å²) in [6, 6.07) is 14.4. The predicted octanol–water partition coefficient (Wildman–Crippen LogP) is 4.27. The van der Waals surface area contributed by atoms with Crippen molar-refractivity contribution in [3.05, 3.63) is 95.6 Å². The number of Topliss-reactive ketones (excluding diaryl/α,β-unsaturated/α-hetero) is 1. The van der Waals surface area contributed by atoms with Crippen LogP contribution in [0, 0.1) is 5.41 Å². The number of ketones is 1. The Balaban J connectivity index is 1.75. The molecule has 1 aliphatic heterocycles. The monoisotopic (exact) mass is 478 g/mol. The number of rotatable bonds is 3. The van der Waals surface area contributed by atoms with Gasteiger partial charge in [-0.3, -0.25) is 14.2 Å².